The summed E-state index contributed by atoms with van der Waals surface area (Å²) in [6, 6.07) is 0. The maximum absolute atomic E-state index is 11.7. The number of hydrogen-bond acceptors (Lipinski definition) is 3. The van der Waals surface area contributed by atoms with Crippen molar-refractivity contribution in [3.8, 4) is 0 Å². The second-order valence-corrected chi connectivity index (χ2v) is 5.65. The van der Waals surface area contributed by atoms with Gasteiger partial charge in [0.05, 0.1) is 6.10 Å². The molecule has 2 fully saturated rings. The van der Waals surface area contributed by atoms with E-state index in [2.05, 4.69) is 19.2 Å². The van der Waals surface area contributed by atoms with Crippen molar-refractivity contribution in [1.29, 1.82) is 0 Å². The topological polar surface area (TPSA) is 41.6 Å². The first-order chi connectivity index (χ1) is 8.16. The summed E-state index contributed by atoms with van der Waals surface area (Å²) in [6.45, 7) is 8.38. The summed E-state index contributed by atoms with van der Waals surface area (Å²) in [5, 5.41) is 3.42. The lowest BCUT2D eigenvalue weighted by molar-refractivity contribution is -0.153. The SMILES string of the molecule is CC(C)CN1CC(C2CCCNC2)OCC1=O. The molecule has 0 radical (unpaired) electrons. The highest BCUT2D eigenvalue weighted by Crippen LogP contribution is 2.21. The molecule has 0 bridgehead atoms. The van der Waals surface area contributed by atoms with Crippen LogP contribution in [0.2, 0.25) is 0 Å². The summed E-state index contributed by atoms with van der Waals surface area (Å²) < 4.78 is 5.71. The third kappa shape index (κ3) is 3.42. The van der Waals surface area contributed by atoms with E-state index in [1.54, 1.807) is 0 Å². The van der Waals surface area contributed by atoms with E-state index >= 15 is 0 Å². The molecule has 0 spiro atoms. The van der Waals surface area contributed by atoms with Gasteiger partial charge in [0.15, 0.2) is 0 Å². The highest BCUT2D eigenvalue weighted by atomic mass is 16.5. The van der Waals surface area contributed by atoms with E-state index in [-0.39, 0.29) is 18.6 Å². The number of carbonyl (C=O) groups is 1. The zero-order valence-corrected chi connectivity index (χ0v) is 10.9. The van der Waals surface area contributed by atoms with Crippen molar-refractivity contribution >= 4 is 5.91 Å². The minimum Gasteiger partial charge on any atom is -0.366 e. The Hall–Kier alpha value is -0.610. The first-order valence-corrected chi connectivity index (χ1v) is 6.77. The third-order valence-corrected chi connectivity index (χ3v) is 3.62. The Kier molecular flexibility index (Phi) is 4.40. The van der Waals surface area contributed by atoms with Crippen molar-refractivity contribution in [3.05, 3.63) is 0 Å². The molecular formula is C13H24N2O2. The van der Waals surface area contributed by atoms with Crippen LogP contribution in [-0.2, 0) is 9.53 Å². The molecule has 2 aliphatic heterocycles. The van der Waals surface area contributed by atoms with E-state index in [1.165, 1.54) is 12.8 Å². The number of nitrogens with zero attached hydrogens (tertiary/aromatic N) is 1. The number of amides is 1. The van der Waals surface area contributed by atoms with E-state index in [1.807, 2.05) is 4.90 Å². The molecule has 2 aliphatic rings. The lowest BCUT2D eigenvalue weighted by atomic mass is 9.92. The number of piperidine rings is 1. The number of morpholine rings is 1. The number of carbonyl (C=O) groups excluding carboxylic acids is 1. The van der Waals surface area contributed by atoms with Gasteiger partial charge in [-0.3, -0.25) is 4.79 Å². The molecule has 0 aromatic carbocycles. The molecule has 2 unspecified atom stereocenters. The Morgan fingerprint density at radius 2 is 2.35 bits per heavy atom. The number of rotatable bonds is 3. The molecule has 2 saturated heterocycles. The summed E-state index contributed by atoms with van der Waals surface area (Å²) in [4.78, 5) is 13.7. The molecule has 2 rings (SSSR count). The fourth-order valence-corrected chi connectivity index (χ4v) is 2.74. The maximum atomic E-state index is 11.7. The predicted octanol–water partition coefficient (Wildman–Crippen LogP) is 0.869. The molecular weight excluding hydrogens is 216 g/mol. The number of hydrogen-bond donors (Lipinski definition) is 1. The second kappa shape index (κ2) is 5.83. The van der Waals surface area contributed by atoms with E-state index in [4.69, 9.17) is 4.74 Å². The largest absolute Gasteiger partial charge is 0.366 e. The quantitative estimate of drug-likeness (QED) is 0.796. The Morgan fingerprint density at radius 1 is 1.53 bits per heavy atom. The normalized spacial score (nSPS) is 31.0. The van der Waals surface area contributed by atoms with Gasteiger partial charge in [0.1, 0.15) is 6.61 Å². The first kappa shape index (κ1) is 12.8. The van der Waals surface area contributed by atoms with E-state index < -0.39 is 0 Å². The zero-order chi connectivity index (χ0) is 12.3. The molecule has 2 heterocycles. The summed E-state index contributed by atoms with van der Waals surface area (Å²) in [7, 11) is 0. The average molecular weight is 240 g/mol. The fourth-order valence-electron chi connectivity index (χ4n) is 2.74. The van der Waals surface area contributed by atoms with Gasteiger partial charge in [0.25, 0.3) is 0 Å². The van der Waals surface area contributed by atoms with Crippen molar-refractivity contribution in [2.45, 2.75) is 32.8 Å². The maximum Gasteiger partial charge on any atom is 0.248 e. The van der Waals surface area contributed by atoms with Crippen LogP contribution in [0.15, 0.2) is 0 Å². The lowest BCUT2D eigenvalue weighted by Crippen LogP contribution is -2.52. The summed E-state index contributed by atoms with van der Waals surface area (Å²) in [5.74, 6) is 1.26. The highest BCUT2D eigenvalue weighted by molar-refractivity contribution is 5.78. The van der Waals surface area contributed by atoms with Gasteiger partial charge in [0, 0.05) is 19.6 Å². The van der Waals surface area contributed by atoms with Gasteiger partial charge < -0.3 is 15.0 Å². The van der Waals surface area contributed by atoms with Crippen LogP contribution in [0.4, 0.5) is 0 Å². The average Bonchev–Trinajstić information content (AvgIpc) is 2.32. The summed E-state index contributed by atoms with van der Waals surface area (Å²) >= 11 is 0. The predicted molar refractivity (Wildman–Crippen MR) is 66.8 cm³/mol. The van der Waals surface area contributed by atoms with Crippen LogP contribution in [0.3, 0.4) is 0 Å². The van der Waals surface area contributed by atoms with Gasteiger partial charge in [0.2, 0.25) is 5.91 Å². The van der Waals surface area contributed by atoms with Crippen LogP contribution in [0.5, 0.6) is 0 Å². The van der Waals surface area contributed by atoms with Crippen molar-refractivity contribution in [3.63, 3.8) is 0 Å². The molecule has 17 heavy (non-hydrogen) atoms. The number of nitrogens with one attached hydrogen (secondary N) is 1. The number of ether oxygens (including phenoxy) is 1. The van der Waals surface area contributed by atoms with Crippen LogP contribution in [0.25, 0.3) is 0 Å². The highest BCUT2D eigenvalue weighted by Gasteiger charge is 2.32. The fraction of sp³-hybridized carbons (Fsp3) is 0.923. The van der Waals surface area contributed by atoms with Gasteiger partial charge in [-0.1, -0.05) is 13.8 Å². The minimum absolute atomic E-state index is 0.152. The Labute approximate surface area is 104 Å². The van der Waals surface area contributed by atoms with Crippen molar-refractivity contribution in [2.24, 2.45) is 11.8 Å². The minimum atomic E-state index is 0.152. The molecule has 4 nitrogen and oxygen atoms in total. The van der Waals surface area contributed by atoms with Crippen molar-refractivity contribution in [1.82, 2.24) is 10.2 Å². The molecule has 0 saturated carbocycles. The monoisotopic (exact) mass is 240 g/mol. The van der Waals surface area contributed by atoms with Gasteiger partial charge in [-0.15, -0.1) is 0 Å². The smallest absolute Gasteiger partial charge is 0.248 e. The van der Waals surface area contributed by atoms with E-state index in [9.17, 15) is 4.79 Å². The molecule has 0 aromatic rings. The van der Waals surface area contributed by atoms with Gasteiger partial charge in [-0.05, 0) is 31.2 Å². The van der Waals surface area contributed by atoms with Crippen LogP contribution in [0.1, 0.15) is 26.7 Å². The van der Waals surface area contributed by atoms with Gasteiger partial charge >= 0.3 is 0 Å². The molecule has 98 valence electrons. The Morgan fingerprint density at radius 3 is 3.00 bits per heavy atom. The molecule has 0 aliphatic carbocycles. The van der Waals surface area contributed by atoms with Gasteiger partial charge in [-0.25, -0.2) is 0 Å². The van der Waals surface area contributed by atoms with Crippen molar-refractivity contribution < 1.29 is 9.53 Å². The summed E-state index contributed by atoms with van der Waals surface area (Å²) in [5.41, 5.74) is 0. The molecule has 1 amide bonds. The molecule has 2 atom stereocenters. The van der Waals surface area contributed by atoms with E-state index in [0.717, 1.165) is 26.2 Å². The first-order valence-electron chi connectivity index (χ1n) is 6.77. The third-order valence-electron chi connectivity index (χ3n) is 3.62. The Balaban J connectivity index is 1.89. The second-order valence-electron chi connectivity index (χ2n) is 5.65. The zero-order valence-electron chi connectivity index (χ0n) is 10.9. The Bertz CT molecular complexity index is 262. The van der Waals surface area contributed by atoms with Crippen molar-refractivity contribution in [2.75, 3.05) is 32.8 Å². The lowest BCUT2D eigenvalue weighted by Gasteiger charge is -2.38. The molecule has 4 heteroatoms. The van der Waals surface area contributed by atoms with Crippen LogP contribution < -0.4 is 5.32 Å². The van der Waals surface area contributed by atoms with Crippen LogP contribution in [-0.4, -0.2) is 49.7 Å². The van der Waals surface area contributed by atoms with Crippen LogP contribution in [0, 0.1) is 11.8 Å². The van der Waals surface area contributed by atoms with Crippen LogP contribution >= 0.6 is 0 Å². The van der Waals surface area contributed by atoms with E-state index in [0.29, 0.717) is 11.8 Å². The molecule has 0 aromatic heterocycles. The standard InChI is InChI=1S/C13H24N2O2/c1-10(2)7-15-8-12(17-9-13(15)16)11-4-3-5-14-6-11/h10-12,14H,3-9H2,1-2H3. The molecule has 1 N–H and O–H groups in total. The summed E-state index contributed by atoms with van der Waals surface area (Å²) in [6.07, 6.45) is 2.68. The van der Waals surface area contributed by atoms with Gasteiger partial charge in [-0.2, -0.15) is 0 Å².